The lowest BCUT2D eigenvalue weighted by Crippen LogP contribution is -2.04. The van der Waals surface area contributed by atoms with Crippen LogP contribution in [0.25, 0.3) is 22.3 Å². The first-order valence-electron chi connectivity index (χ1n) is 7.52. The second-order valence-electron chi connectivity index (χ2n) is 5.37. The first kappa shape index (κ1) is 14.3. The van der Waals surface area contributed by atoms with Gasteiger partial charge in [0.15, 0.2) is 5.82 Å². The molecule has 0 atom stereocenters. The standard InChI is InChI=1S/C18H14FN5/c19-14-4-2-13(3-5-14)17-18(21-8-7-20-17)22-10-12-1-6-15-16(9-12)24-11-23-15/h1-9,11H,10H2,(H,21,22)(H,23,24). The molecular weight excluding hydrogens is 305 g/mol. The van der Waals surface area contributed by atoms with Gasteiger partial charge < -0.3 is 10.3 Å². The summed E-state index contributed by atoms with van der Waals surface area (Å²) in [5, 5.41) is 3.30. The van der Waals surface area contributed by atoms with E-state index in [0.717, 1.165) is 22.2 Å². The van der Waals surface area contributed by atoms with Crippen LogP contribution in [0.1, 0.15) is 5.56 Å². The number of imidazole rings is 1. The summed E-state index contributed by atoms with van der Waals surface area (Å²) in [7, 11) is 0. The highest BCUT2D eigenvalue weighted by atomic mass is 19.1. The summed E-state index contributed by atoms with van der Waals surface area (Å²) in [6, 6.07) is 12.3. The molecule has 0 aliphatic carbocycles. The molecule has 0 saturated heterocycles. The number of fused-ring (bicyclic) bond motifs is 1. The molecule has 5 nitrogen and oxygen atoms in total. The predicted molar refractivity (Wildman–Crippen MR) is 90.8 cm³/mol. The Bertz CT molecular complexity index is 978. The molecule has 0 amide bonds. The molecule has 0 aliphatic rings. The molecule has 4 aromatic rings. The van der Waals surface area contributed by atoms with Crippen LogP contribution < -0.4 is 5.32 Å². The second kappa shape index (κ2) is 6.08. The topological polar surface area (TPSA) is 66.5 Å². The lowest BCUT2D eigenvalue weighted by molar-refractivity contribution is 0.628. The lowest BCUT2D eigenvalue weighted by Gasteiger charge is -2.10. The summed E-state index contributed by atoms with van der Waals surface area (Å²) in [6.45, 7) is 0.599. The Morgan fingerprint density at radius 1 is 0.958 bits per heavy atom. The molecule has 0 spiro atoms. The maximum atomic E-state index is 13.1. The highest BCUT2D eigenvalue weighted by Crippen LogP contribution is 2.24. The largest absolute Gasteiger partial charge is 0.364 e. The summed E-state index contributed by atoms with van der Waals surface area (Å²) in [5.74, 6) is 0.388. The van der Waals surface area contributed by atoms with Crippen LogP contribution in [0, 0.1) is 5.82 Å². The van der Waals surface area contributed by atoms with Gasteiger partial charge in [-0.15, -0.1) is 0 Å². The van der Waals surface area contributed by atoms with E-state index in [1.807, 2.05) is 18.2 Å². The molecule has 4 rings (SSSR count). The van der Waals surface area contributed by atoms with Gasteiger partial charge in [0.2, 0.25) is 0 Å². The zero-order valence-electron chi connectivity index (χ0n) is 12.7. The van der Waals surface area contributed by atoms with Crippen molar-refractivity contribution in [3.8, 4) is 11.3 Å². The number of H-pyrrole nitrogens is 1. The van der Waals surface area contributed by atoms with Crippen LogP contribution in [-0.4, -0.2) is 19.9 Å². The van der Waals surface area contributed by atoms with E-state index < -0.39 is 0 Å². The van der Waals surface area contributed by atoms with Gasteiger partial charge in [-0.1, -0.05) is 6.07 Å². The Kier molecular flexibility index (Phi) is 3.63. The molecule has 0 bridgehead atoms. The van der Waals surface area contributed by atoms with Gasteiger partial charge in [-0.2, -0.15) is 0 Å². The smallest absolute Gasteiger partial charge is 0.152 e. The molecule has 2 N–H and O–H groups in total. The van der Waals surface area contributed by atoms with Gasteiger partial charge in [0.05, 0.1) is 17.4 Å². The van der Waals surface area contributed by atoms with Crippen LogP contribution in [0.2, 0.25) is 0 Å². The molecule has 24 heavy (non-hydrogen) atoms. The van der Waals surface area contributed by atoms with Crippen molar-refractivity contribution in [2.24, 2.45) is 0 Å². The summed E-state index contributed by atoms with van der Waals surface area (Å²) < 4.78 is 13.1. The number of aromatic amines is 1. The number of rotatable bonds is 4. The number of nitrogens with one attached hydrogen (secondary N) is 2. The molecule has 2 aromatic carbocycles. The zero-order valence-corrected chi connectivity index (χ0v) is 12.7. The van der Waals surface area contributed by atoms with Crippen molar-refractivity contribution >= 4 is 16.9 Å². The van der Waals surface area contributed by atoms with Crippen LogP contribution >= 0.6 is 0 Å². The Morgan fingerprint density at radius 2 is 1.79 bits per heavy atom. The average molecular weight is 319 g/mol. The van der Waals surface area contributed by atoms with Gasteiger partial charge >= 0.3 is 0 Å². The highest BCUT2D eigenvalue weighted by Gasteiger charge is 2.08. The van der Waals surface area contributed by atoms with Gasteiger partial charge in [0.25, 0.3) is 0 Å². The van der Waals surface area contributed by atoms with Crippen LogP contribution in [0.4, 0.5) is 10.2 Å². The maximum Gasteiger partial charge on any atom is 0.152 e. The number of halogens is 1. The number of hydrogen-bond donors (Lipinski definition) is 2. The number of nitrogens with zero attached hydrogens (tertiary/aromatic N) is 3. The van der Waals surface area contributed by atoms with E-state index in [-0.39, 0.29) is 5.82 Å². The third kappa shape index (κ3) is 2.81. The Morgan fingerprint density at radius 3 is 2.67 bits per heavy atom. The van der Waals surface area contributed by atoms with Crippen molar-refractivity contribution in [3.63, 3.8) is 0 Å². The molecule has 0 aliphatic heterocycles. The van der Waals surface area contributed by atoms with Gasteiger partial charge in [-0.3, -0.25) is 4.98 Å². The van der Waals surface area contributed by atoms with Crippen LogP contribution in [0.3, 0.4) is 0 Å². The molecular formula is C18H14FN5. The van der Waals surface area contributed by atoms with E-state index in [4.69, 9.17) is 0 Å². The normalized spacial score (nSPS) is 10.9. The van der Waals surface area contributed by atoms with Gasteiger partial charge in [0, 0.05) is 24.5 Å². The van der Waals surface area contributed by atoms with E-state index in [1.165, 1.54) is 12.1 Å². The quantitative estimate of drug-likeness (QED) is 0.601. The number of hydrogen-bond acceptors (Lipinski definition) is 4. The Labute approximate surface area is 137 Å². The molecule has 118 valence electrons. The molecule has 2 heterocycles. The van der Waals surface area contributed by atoms with E-state index in [0.29, 0.717) is 18.1 Å². The molecule has 2 aromatic heterocycles. The number of aromatic nitrogens is 4. The average Bonchev–Trinajstić information content (AvgIpc) is 3.09. The minimum absolute atomic E-state index is 0.273. The van der Waals surface area contributed by atoms with Crippen molar-refractivity contribution in [2.45, 2.75) is 6.54 Å². The van der Waals surface area contributed by atoms with Crippen molar-refractivity contribution in [1.82, 2.24) is 19.9 Å². The first-order valence-corrected chi connectivity index (χ1v) is 7.52. The zero-order chi connectivity index (χ0) is 16.4. The van der Waals surface area contributed by atoms with Gasteiger partial charge in [-0.05, 0) is 42.0 Å². The second-order valence-corrected chi connectivity index (χ2v) is 5.37. The van der Waals surface area contributed by atoms with E-state index in [2.05, 4.69) is 25.3 Å². The summed E-state index contributed by atoms with van der Waals surface area (Å²) in [4.78, 5) is 16.0. The molecule has 0 radical (unpaired) electrons. The third-order valence-electron chi connectivity index (χ3n) is 3.76. The van der Waals surface area contributed by atoms with Crippen LogP contribution in [0.5, 0.6) is 0 Å². The monoisotopic (exact) mass is 319 g/mol. The molecule has 0 unspecified atom stereocenters. The SMILES string of the molecule is Fc1ccc(-c2nccnc2NCc2ccc3nc[nH]c3c2)cc1. The van der Waals surface area contributed by atoms with Crippen molar-refractivity contribution in [2.75, 3.05) is 5.32 Å². The molecule has 6 heteroatoms. The van der Waals surface area contributed by atoms with Crippen LogP contribution in [0.15, 0.2) is 61.2 Å². The summed E-state index contributed by atoms with van der Waals surface area (Å²) >= 11 is 0. The minimum atomic E-state index is -0.273. The van der Waals surface area contributed by atoms with Crippen LogP contribution in [-0.2, 0) is 6.54 Å². The van der Waals surface area contributed by atoms with E-state index >= 15 is 0 Å². The molecule has 0 fully saturated rings. The van der Waals surface area contributed by atoms with Crippen molar-refractivity contribution in [3.05, 3.63) is 72.6 Å². The molecule has 0 saturated carbocycles. The highest BCUT2D eigenvalue weighted by molar-refractivity contribution is 5.75. The number of anilines is 1. The number of benzene rings is 2. The summed E-state index contributed by atoms with van der Waals surface area (Å²) in [6.07, 6.45) is 4.94. The van der Waals surface area contributed by atoms with E-state index in [9.17, 15) is 4.39 Å². The summed E-state index contributed by atoms with van der Waals surface area (Å²) in [5.41, 5.74) is 4.54. The first-order chi connectivity index (χ1) is 11.8. The minimum Gasteiger partial charge on any atom is -0.364 e. The fraction of sp³-hybridized carbons (Fsp3) is 0.0556. The Hall–Kier alpha value is -3.28. The van der Waals surface area contributed by atoms with Crippen molar-refractivity contribution < 1.29 is 4.39 Å². The van der Waals surface area contributed by atoms with Gasteiger partial charge in [0.1, 0.15) is 11.5 Å². The fourth-order valence-electron chi connectivity index (χ4n) is 2.56. The van der Waals surface area contributed by atoms with Crippen molar-refractivity contribution in [1.29, 1.82) is 0 Å². The van der Waals surface area contributed by atoms with Gasteiger partial charge in [-0.25, -0.2) is 14.4 Å². The third-order valence-corrected chi connectivity index (χ3v) is 3.76. The predicted octanol–water partition coefficient (Wildman–Crippen LogP) is 3.77. The lowest BCUT2D eigenvalue weighted by atomic mass is 10.1. The Balaban J connectivity index is 1.59. The fourth-order valence-corrected chi connectivity index (χ4v) is 2.56. The van der Waals surface area contributed by atoms with E-state index in [1.54, 1.807) is 30.9 Å². The maximum absolute atomic E-state index is 13.1.